The number of Topliss-reactive ketones (excluding diaryl/α,β-unsaturated/α-hetero) is 1. The molecule has 1 aromatic rings. The summed E-state index contributed by atoms with van der Waals surface area (Å²) in [6, 6.07) is 1.93. The lowest BCUT2D eigenvalue weighted by Crippen LogP contribution is -2.17. The number of hydrogen-bond donors (Lipinski definition) is 0. The van der Waals surface area contributed by atoms with Crippen molar-refractivity contribution in [3.8, 4) is 0 Å². The minimum absolute atomic E-state index is 0.233. The van der Waals surface area contributed by atoms with Gasteiger partial charge in [0.2, 0.25) is 5.78 Å². The second kappa shape index (κ2) is 7.37. The largest absolute Gasteiger partial charge is 0.460 e. The van der Waals surface area contributed by atoms with Crippen molar-refractivity contribution in [2.24, 2.45) is 0 Å². The van der Waals surface area contributed by atoms with Crippen LogP contribution >= 0.6 is 22.6 Å². The summed E-state index contributed by atoms with van der Waals surface area (Å²) in [4.78, 5) is 26.4. The third kappa shape index (κ3) is 4.80. The Balaban J connectivity index is 2.36. The molecule has 0 N–H and O–H groups in total. The van der Waals surface area contributed by atoms with Crippen LogP contribution in [0.15, 0.2) is 18.5 Å². The number of ether oxygens (including phenoxy) is 1. The van der Waals surface area contributed by atoms with Gasteiger partial charge in [0, 0.05) is 22.4 Å². The molecule has 0 saturated carbocycles. The molecule has 1 aromatic heterocycles. The van der Waals surface area contributed by atoms with E-state index in [4.69, 9.17) is 0 Å². The molecule has 4 nitrogen and oxygen atoms in total. The van der Waals surface area contributed by atoms with Crippen molar-refractivity contribution in [2.75, 3.05) is 6.61 Å². The summed E-state index contributed by atoms with van der Waals surface area (Å²) in [6.45, 7) is 1.93. The minimum Gasteiger partial charge on any atom is -0.460 e. The summed E-state index contributed by atoms with van der Waals surface area (Å²) in [6.07, 6.45) is 5.16. The predicted molar refractivity (Wildman–Crippen MR) is 71.5 cm³/mol. The van der Waals surface area contributed by atoms with E-state index in [0.717, 1.165) is 15.6 Å². The van der Waals surface area contributed by atoms with E-state index in [-0.39, 0.29) is 13.0 Å². The van der Waals surface area contributed by atoms with Crippen LogP contribution in [0.25, 0.3) is 0 Å². The lowest BCUT2D eigenvalue weighted by atomic mass is 10.1. The first-order valence-corrected chi connectivity index (χ1v) is 6.51. The number of rotatable bonds is 6. The van der Waals surface area contributed by atoms with E-state index >= 15 is 0 Å². The van der Waals surface area contributed by atoms with Gasteiger partial charge >= 0.3 is 5.97 Å². The van der Waals surface area contributed by atoms with Gasteiger partial charge in [-0.15, -0.1) is 0 Å². The van der Waals surface area contributed by atoms with Crippen molar-refractivity contribution < 1.29 is 14.3 Å². The average Bonchev–Trinajstić information content (AvgIpc) is 2.31. The second-order valence-corrected chi connectivity index (χ2v) is 4.63. The Morgan fingerprint density at radius 3 is 2.88 bits per heavy atom. The maximum atomic E-state index is 11.3. The normalized spacial score (nSPS) is 10.0. The van der Waals surface area contributed by atoms with Crippen LogP contribution in [-0.4, -0.2) is 23.3 Å². The number of esters is 1. The molecule has 0 radical (unpaired) electrons. The predicted octanol–water partition coefficient (Wildman–Crippen LogP) is 2.14. The van der Waals surface area contributed by atoms with E-state index < -0.39 is 11.8 Å². The first-order valence-electron chi connectivity index (χ1n) is 5.43. The standard InChI is InChI=1S/C12H14INO3/c1-2-17-12(16)11(15)5-3-4-9-6-7-14-8-10(9)13/h6-8H,2-5H2,1H3. The molecule has 92 valence electrons. The van der Waals surface area contributed by atoms with E-state index in [1.54, 1.807) is 19.3 Å². The van der Waals surface area contributed by atoms with Crippen LogP contribution in [0.5, 0.6) is 0 Å². The highest BCUT2D eigenvalue weighted by Crippen LogP contribution is 2.12. The minimum atomic E-state index is -0.725. The zero-order chi connectivity index (χ0) is 12.7. The van der Waals surface area contributed by atoms with Crippen molar-refractivity contribution in [1.82, 2.24) is 4.98 Å². The zero-order valence-corrected chi connectivity index (χ0v) is 11.8. The van der Waals surface area contributed by atoms with Crippen LogP contribution < -0.4 is 0 Å². The van der Waals surface area contributed by atoms with Crippen molar-refractivity contribution in [1.29, 1.82) is 0 Å². The Hall–Kier alpha value is -0.980. The third-order valence-electron chi connectivity index (χ3n) is 2.21. The number of aromatic nitrogens is 1. The molecular formula is C12H14INO3. The van der Waals surface area contributed by atoms with Crippen LogP contribution in [0, 0.1) is 3.57 Å². The number of nitrogens with zero attached hydrogens (tertiary/aromatic N) is 1. The molecule has 1 heterocycles. The van der Waals surface area contributed by atoms with E-state index in [0.29, 0.717) is 6.42 Å². The molecule has 0 amide bonds. The van der Waals surface area contributed by atoms with E-state index in [9.17, 15) is 9.59 Å². The van der Waals surface area contributed by atoms with Gasteiger partial charge in [0.05, 0.1) is 6.61 Å². The SMILES string of the molecule is CCOC(=O)C(=O)CCCc1ccncc1I. The molecule has 0 aliphatic carbocycles. The highest BCUT2D eigenvalue weighted by atomic mass is 127. The summed E-state index contributed by atoms with van der Waals surface area (Å²) in [5, 5.41) is 0. The molecule has 0 aromatic carbocycles. The number of pyridine rings is 1. The number of carbonyl (C=O) groups excluding carboxylic acids is 2. The maximum absolute atomic E-state index is 11.3. The summed E-state index contributed by atoms with van der Waals surface area (Å²) in [7, 11) is 0. The topological polar surface area (TPSA) is 56.3 Å². The maximum Gasteiger partial charge on any atom is 0.374 e. The first kappa shape index (κ1) is 14.1. The summed E-state index contributed by atoms with van der Waals surface area (Å²) < 4.78 is 5.71. The second-order valence-electron chi connectivity index (χ2n) is 3.46. The molecule has 1 rings (SSSR count). The molecule has 0 atom stereocenters. The molecule has 0 unspecified atom stereocenters. The number of carbonyl (C=O) groups is 2. The van der Waals surface area contributed by atoms with Crippen molar-refractivity contribution >= 4 is 34.3 Å². The highest BCUT2D eigenvalue weighted by Gasteiger charge is 2.14. The Morgan fingerprint density at radius 1 is 1.47 bits per heavy atom. The van der Waals surface area contributed by atoms with Gasteiger partial charge in [-0.05, 0) is 54.0 Å². The molecule has 0 saturated heterocycles. The van der Waals surface area contributed by atoms with Gasteiger partial charge in [0.1, 0.15) is 0 Å². The van der Waals surface area contributed by atoms with E-state index in [1.807, 2.05) is 6.07 Å². The van der Waals surface area contributed by atoms with E-state index in [1.165, 1.54) is 0 Å². The van der Waals surface area contributed by atoms with Gasteiger partial charge < -0.3 is 4.74 Å². The van der Waals surface area contributed by atoms with Crippen LogP contribution in [0.2, 0.25) is 0 Å². The van der Waals surface area contributed by atoms with Crippen LogP contribution in [0.1, 0.15) is 25.3 Å². The third-order valence-corrected chi connectivity index (χ3v) is 3.18. The Labute approximate surface area is 114 Å². The fraction of sp³-hybridized carbons (Fsp3) is 0.417. The Bertz CT molecular complexity index is 406. The van der Waals surface area contributed by atoms with Crippen molar-refractivity contribution in [3.63, 3.8) is 0 Å². The summed E-state index contributed by atoms with van der Waals surface area (Å²) in [5.41, 5.74) is 1.15. The van der Waals surface area contributed by atoms with E-state index in [2.05, 4.69) is 32.3 Å². The van der Waals surface area contributed by atoms with Gasteiger partial charge in [0.25, 0.3) is 0 Å². The van der Waals surface area contributed by atoms with Gasteiger partial charge in [0.15, 0.2) is 0 Å². The monoisotopic (exact) mass is 347 g/mol. The van der Waals surface area contributed by atoms with Gasteiger partial charge in [-0.1, -0.05) is 0 Å². The molecule has 0 fully saturated rings. The van der Waals surface area contributed by atoms with Gasteiger partial charge in [-0.3, -0.25) is 9.78 Å². The molecule has 0 aliphatic heterocycles. The zero-order valence-electron chi connectivity index (χ0n) is 9.61. The Kier molecular flexibility index (Phi) is 6.10. The molecular weight excluding hydrogens is 333 g/mol. The van der Waals surface area contributed by atoms with Gasteiger partial charge in [-0.25, -0.2) is 4.79 Å². The number of ketones is 1. The van der Waals surface area contributed by atoms with Crippen LogP contribution in [0.4, 0.5) is 0 Å². The fourth-order valence-corrected chi connectivity index (χ4v) is 1.97. The number of hydrogen-bond acceptors (Lipinski definition) is 4. The number of halogens is 1. The molecule has 0 spiro atoms. The quantitative estimate of drug-likeness (QED) is 0.450. The highest BCUT2D eigenvalue weighted by molar-refractivity contribution is 14.1. The lowest BCUT2D eigenvalue weighted by molar-refractivity contribution is -0.153. The van der Waals surface area contributed by atoms with Crippen LogP contribution in [0.3, 0.4) is 0 Å². The van der Waals surface area contributed by atoms with Crippen molar-refractivity contribution in [2.45, 2.75) is 26.2 Å². The summed E-state index contributed by atoms with van der Waals surface area (Å²) in [5.74, 6) is -1.17. The molecule has 17 heavy (non-hydrogen) atoms. The average molecular weight is 347 g/mol. The molecule has 0 bridgehead atoms. The molecule has 0 aliphatic rings. The van der Waals surface area contributed by atoms with Gasteiger partial charge in [-0.2, -0.15) is 0 Å². The lowest BCUT2D eigenvalue weighted by Gasteiger charge is -2.03. The molecule has 5 heteroatoms. The number of aryl methyl sites for hydroxylation is 1. The first-order chi connectivity index (χ1) is 8.15. The van der Waals surface area contributed by atoms with Crippen LogP contribution in [-0.2, 0) is 20.7 Å². The summed E-state index contributed by atoms with van der Waals surface area (Å²) >= 11 is 2.21. The smallest absolute Gasteiger partial charge is 0.374 e. The Morgan fingerprint density at radius 2 is 2.24 bits per heavy atom. The van der Waals surface area contributed by atoms with Crippen molar-refractivity contribution in [3.05, 3.63) is 27.6 Å². The fourth-order valence-electron chi connectivity index (χ4n) is 1.36.